The minimum Gasteiger partial charge on any atom is -0.314 e. The first-order valence-electron chi connectivity index (χ1n) is 7.62. The van der Waals surface area contributed by atoms with E-state index >= 15 is 0 Å². The Kier molecular flexibility index (Phi) is 5.00. The molecule has 1 saturated heterocycles. The summed E-state index contributed by atoms with van der Waals surface area (Å²) in [5, 5.41) is 5.42. The molecule has 0 bridgehead atoms. The molecule has 1 aliphatic rings. The summed E-state index contributed by atoms with van der Waals surface area (Å²) < 4.78 is 0. The lowest BCUT2D eigenvalue weighted by atomic mass is 9.92. The van der Waals surface area contributed by atoms with Gasteiger partial charge in [-0.1, -0.05) is 60.7 Å². The standard InChI is InChI=1S/C18H22N2O/c1-3-7-16(8-4-1)18(17-9-5-2-6-10-17)15-21-20-13-11-19-12-14-20/h1-10,18-19H,11-15H2. The number of hydrogen-bond acceptors (Lipinski definition) is 3. The van der Waals surface area contributed by atoms with Crippen molar-refractivity contribution in [1.82, 2.24) is 10.4 Å². The smallest absolute Gasteiger partial charge is 0.0794 e. The van der Waals surface area contributed by atoms with E-state index < -0.39 is 0 Å². The van der Waals surface area contributed by atoms with Crippen molar-refractivity contribution in [1.29, 1.82) is 0 Å². The zero-order valence-corrected chi connectivity index (χ0v) is 12.2. The maximum atomic E-state index is 6.05. The van der Waals surface area contributed by atoms with Gasteiger partial charge in [0.1, 0.15) is 0 Å². The lowest BCUT2D eigenvalue weighted by molar-refractivity contribution is -0.166. The summed E-state index contributed by atoms with van der Waals surface area (Å²) in [7, 11) is 0. The predicted molar refractivity (Wildman–Crippen MR) is 85.1 cm³/mol. The fourth-order valence-corrected chi connectivity index (χ4v) is 2.71. The molecule has 2 aromatic rings. The van der Waals surface area contributed by atoms with E-state index in [0.717, 1.165) is 26.2 Å². The number of benzene rings is 2. The van der Waals surface area contributed by atoms with Gasteiger partial charge in [-0.25, -0.2) is 0 Å². The Hall–Kier alpha value is -1.68. The number of hydrogen-bond donors (Lipinski definition) is 1. The lowest BCUT2D eigenvalue weighted by Gasteiger charge is -2.28. The highest BCUT2D eigenvalue weighted by atomic mass is 16.7. The summed E-state index contributed by atoms with van der Waals surface area (Å²) >= 11 is 0. The first kappa shape index (κ1) is 14.3. The van der Waals surface area contributed by atoms with Gasteiger partial charge >= 0.3 is 0 Å². The van der Waals surface area contributed by atoms with Gasteiger partial charge in [-0.2, -0.15) is 5.06 Å². The van der Waals surface area contributed by atoms with Gasteiger partial charge in [-0.3, -0.25) is 4.84 Å². The molecule has 1 N–H and O–H groups in total. The molecule has 3 nitrogen and oxygen atoms in total. The Bertz CT molecular complexity index is 484. The van der Waals surface area contributed by atoms with Crippen molar-refractivity contribution in [2.45, 2.75) is 5.92 Å². The minimum atomic E-state index is 0.280. The van der Waals surface area contributed by atoms with E-state index in [1.54, 1.807) is 0 Å². The number of piperazine rings is 1. The van der Waals surface area contributed by atoms with Crippen LogP contribution in [0.4, 0.5) is 0 Å². The maximum Gasteiger partial charge on any atom is 0.0794 e. The highest BCUT2D eigenvalue weighted by Gasteiger charge is 2.17. The van der Waals surface area contributed by atoms with Crippen molar-refractivity contribution in [3.8, 4) is 0 Å². The molecule has 0 aromatic heterocycles. The van der Waals surface area contributed by atoms with Crippen LogP contribution in [0.25, 0.3) is 0 Å². The molecule has 0 spiro atoms. The van der Waals surface area contributed by atoms with E-state index in [4.69, 9.17) is 4.84 Å². The minimum absolute atomic E-state index is 0.280. The Morgan fingerprint density at radius 1 is 0.857 bits per heavy atom. The van der Waals surface area contributed by atoms with Gasteiger partial charge in [-0.15, -0.1) is 0 Å². The summed E-state index contributed by atoms with van der Waals surface area (Å²) in [4.78, 5) is 6.05. The van der Waals surface area contributed by atoms with Gasteiger partial charge in [0.25, 0.3) is 0 Å². The van der Waals surface area contributed by atoms with Crippen LogP contribution >= 0.6 is 0 Å². The molecule has 0 amide bonds. The van der Waals surface area contributed by atoms with Crippen molar-refractivity contribution in [3.63, 3.8) is 0 Å². The summed E-state index contributed by atoms with van der Waals surface area (Å²) in [6.07, 6.45) is 0. The molecule has 1 fully saturated rings. The SMILES string of the molecule is c1ccc(C(CON2CCNCC2)c2ccccc2)cc1. The summed E-state index contributed by atoms with van der Waals surface area (Å²) in [5.74, 6) is 0.280. The Balaban J connectivity index is 1.73. The van der Waals surface area contributed by atoms with Crippen LogP contribution in [0.5, 0.6) is 0 Å². The third-order valence-corrected chi connectivity index (χ3v) is 3.90. The van der Waals surface area contributed by atoms with Crippen LogP contribution in [0.3, 0.4) is 0 Å². The van der Waals surface area contributed by atoms with Crippen LogP contribution in [-0.4, -0.2) is 37.8 Å². The predicted octanol–water partition coefficient (Wildman–Crippen LogP) is 2.66. The molecule has 21 heavy (non-hydrogen) atoms. The normalized spacial score (nSPS) is 16.2. The van der Waals surface area contributed by atoms with Crippen LogP contribution in [0.15, 0.2) is 60.7 Å². The van der Waals surface area contributed by atoms with Crippen molar-refractivity contribution >= 4 is 0 Å². The largest absolute Gasteiger partial charge is 0.314 e. The van der Waals surface area contributed by atoms with Crippen molar-refractivity contribution in [2.75, 3.05) is 32.8 Å². The van der Waals surface area contributed by atoms with E-state index in [1.807, 2.05) is 0 Å². The quantitative estimate of drug-likeness (QED) is 0.912. The molecular formula is C18H22N2O. The van der Waals surface area contributed by atoms with Gasteiger partial charge in [0, 0.05) is 32.1 Å². The van der Waals surface area contributed by atoms with Gasteiger partial charge in [0.2, 0.25) is 0 Å². The zero-order valence-electron chi connectivity index (χ0n) is 12.2. The monoisotopic (exact) mass is 282 g/mol. The van der Waals surface area contributed by atoms with Crippen molar-refractivity contribution in [2.24, 2.45) is 0 Å². The first-order valence-corrected chi connectivity index (χ1v) is 7.62. The van der Waals surface area contributed by atoms with E-state index in [1.165, 1.54) is 11.1 Å². The number of nitrogens with one attached hydrogen (secondary N) is 1. The van der Waals surface area contributed by atoms with Crippen LogP contribution in [0, 0.1) is 0 Å². The molecule has 0 aliphatic carbocycles. The van der Waals surface area contributed by atoms with Gasteiger partial charge in [0.15, 0.2) is 0 Å². The van der Waals surface area contributed by atoms with Crippen molar-refractivity contribution < 1.29 is 4.84 Å². The van der Waals surface area contributed by atoms with Gasteiger partial charge in [-0.05, 0) is 11.1 Å². The molecule has 1 heterocycles. The van der Waals surface area contributed by atoms with Crippen molar-refractivity contribution in [3.05, 3.63) is 71.8 Å². The second kappa shape index (κ2) is 7.36. The zero-order chi connectivity index (χ0) is 14.3. The van der Waals surface area contributed by atoms with E-state index in [0.29, 0.717) is 6.61 Å². The number of hydroxylamine groups is 2. The Labute approximate surface area is 126 Å². The molecule has 2 aromatic carbocycles. The molecular weight excluding hydrogens is 260 g/mol. The third kappa shape index (κ3) is 3.91. The summed E-state index contributed by atoms with van der Waals surface area (Å²) in [5.41, 5.74) is 2.61. The van der Waals surface area contributed by atoms with Gasteiger partial charge in [0.05, 0.1) is 6.61 Å². The van der Waals surface area contributed by atoms with E-state index in [2.05, 4.69) is 71.0 Å². The average Bonchev–Trinajstić information content (AvgIpc) is 2.58. The molecule has 0 saturated carbocycles. The molecule has 3 heteroatoms. The molecule has 0 radical (unpaired) electrons. The molecule has 1 aliphatic heterocycles. The number of nitrogens with zero attached hydrogens (tertiary/aromatic N) is 1. The topological polar surface area (TPSA) is 24.5 Å². The third-order valence-electron chi connectivity index (χ3n) is 3.90. The first-order chi connectivity index (χ1) is 10.4. The molecule has 0 atom stereocenters. The average molecular weight is 282 g/mol. The maximum absolute atomic E-state index is 6.05. The molecule has 110 valence electrons. The molecule has 3 rings (SSSR count). The summed E-state index contributed by atoms with van der Waals surface area (Å²) in [6, 6.07) is 21.2. The fraction of sp³-hybridized carbons (Fsp3) is 0.333. The highest BCUT2D eigenvalue weighted by molar-refractivity contribution is 5.32. The van der Waals surface area contributed by atoms with Crippen LogP contribution in [0.2, 0.25) is 0 Å². The van der Waals surface area contributed by atoms with Crippen LogP contribution < -0.4 is 5.32 Å². The second-order valence-corrected chi connectivity index (χ2v) is 5.35. The number of rotatable bonds is 5. The van der Waals surface area contributed by atoms with Crippen LogP contribution in [0.1, 0.15) is 17.0 Å². The van der Waals surface area contributed by atoms with E-state index in [-0.39, 0.29) is 5.92 Å². The van der Waals surface area contributed by atoms with E-state index in [9.17, 15) is 0 Å². The van der Waals surface area contributed by atoms with Crippen LogP contribution in [-0.2, 0) is 4.84 Å². The Morgan fingerprint density at radius 2 is 1.38 bits per heavy atom. The summed E-state index contributed by atoms with van der Waals surface area (Å²) in [6.45, 7) is 4.60. The highest BCUT2D eigenvalue weighted by Crippen LogP contribution is 2.25. The molecule has 0 unspecified atom stereocenters. The Morgan fingerprint density at radius 3 is 1.90 bits per heavy atom. The lowest BCUT2D eigenvalue weighted by Crippen LogP contribution is -2.43. The second-order valence-electron chi connectivity index (χ2n) is 5.35. The van der Waals surface area contributed by atoms with Gasteiger partial charge < -0.3 is 5.32 Å². The fourth-order valence-electron chi connectivity index (χ4n) is 2.71.